The second-order valence-corrected chi connectivity index (χ2v) is 6.57. The predicted molar refractivity (Wildman–Crippen MR) is 114 cm³/mol. The molecule has 0 fully saturated rings. The number of carbonyl (C=O) groups is 2. The Bertz CT molecular complexity index is 972. The summed E-state index contributed by atoms with van der Waals surface area (Å²) in [6.07, 6.45) is 0. The minimum Gasteiger partial charge on any atom is -0.457 e. The van der Waals surface area contributed by atoms with E-state index in [-0.39, 0.29) is 18.0 Å². The number of hydrogen-bond donors (Lipinski definition) is 3. The van der Waals surface area contributed by atoms with Gasteiger partial charge in [0, 0.05) is 18.3 Å². The molecule has 3 aromatic rings. The zero-order valence-corrected chi connectivity index (χ0v) is 16.3. The summed E-state index contributed by atoms with van der Waals surface area (Å²) < 4.78 is 5.74. The molecule has 29 heavy (non-hydrogen) atoms. The Labute approximate surface area is 169 Å². The molecule has 6 heteroatoms. The van der Waals surface area contributed by atoms with Crippen molar-refractivity contribution >= 4 is 23.3 Å². The van der Waals surface area contributed by atoms with E-state index in [2.05, 4.69) is 16.0 Å². The first-order chi connectivity index (χ1) is 14.0. The van der Waals surface area contributed by atoms with Gasteiger partial charge in [-0.3, -0.25) is 4.79 Å². The minimum absolute atomic E-state index is 0.139. The highest BCUT2D eigenvalue weighted by Gasteiger charge is 2.10. The number of benzene rings is 3. The Morgan fingerprint density at radius 1 is 0.793 bits per heavy atom. The molecule has 6 nitrogen and oxygen atoms in total. The van der Waals surface area contributed by atoms with Crippen LogP contribution in [-0.2, 0) is 4.79 Å². The van der Waals surface area contributed by atoms with Gasteiger partial charge in [-0.2, -0.15) is 0 Å². The molecule has 0 spiro atoms. The number of ether oxygens (including phenoxy) is 1. The van der Waals surface area contributed by atoms with Gasteiger partial charge >= 0.3 is 6.03 Å². The SMILES string of the molecule is CC(=O)Nc1cccc(C(C)NC(=O)Nc2ccc(Oc3ccccc3)cc2)c1. The molecular weight excluding hydrogens is 366 g/mol. The zero-order valence-electron chi connectivity index (χ0n) is 16.3. The number of anilines is 2. The van der Waals surface area contributed by atoms with Gasteiger partial charge < -0.3 is 20.7 Å². The molecule has 0 radical (unpaired) electrons. The van der Waals surface area contributed by atoms with E-state index >= 15 is 0 Å². The van der Waals surface area contributed by atoms with Crippen LogP contribution in [-0.4, -0.2) is 11.9 Å². The van der Waals surface area contributed by atoms with Crippen molar-refractivity contribution in [2.24, 2.45) is 0 Å². The Morgan fingerprint density at radius 3 is 2.17 bits per heavy atom. The average Bonchev–Trinajstić information content (AvgIpc) is 2.70. The van der Waals surface area contributed by atoms with Crippen LogP contribution in [0, 0.1) is 0 Å². The topological polar surface area (TPSA) is 79.5 Å². The molecule has 148 valence electrons. The lowest BCUT2D eigenvalue weighted by Gasteiger charge is -2.16. The molecule has 0 saturated heterocycles. The van der Waals surface area contributed by atoms with Crippen LogP contribution >= 0.6 is 0 Å². The summed E-state index contributed by atoms with van der Waals surface area (Å²) in [4.78, 5) is 23.5. The highest BCUT2D eigenvalue weighted by molar-refractivity contribution is 5.90. The number of nitrogens with one attached hydrogen (secondary N) is 3. The maximum Gasteiger partial charge on any atom is 0.319 e. The molecule has 3 N–H and O–H groups in total. The summed E-state index contributed by atoms with van der Waals surface area (Å²) in [5.74, 6) is 1.30. The third kappa shape index (κ3) is 6.10. The number of urea groups is 1. The highest BCUT2D eigenvalue weighted by Crippen LogP contribution is 2.23. The van der Waals surface area contributed by atoms with Gasteiger partial charge in [-0.05, 0) is 61.0 Å². The fraction of sp³-hybridized carbons (Fsp3) is 0.130. The smallest absolute Gasteiger partial charge is 0.319 e. The molecule has 3 rings (SSSR count). The fourth-order valence-electron chi connectivity index (χ4n) is 2.77. The fourth-order valence-corrected chi connectivity index (χ4v) is 2.77. The van der Waals surface area contributed by atoms with Gasteiger partial charge in [0.25, 0.3) is 0 Å². The molecular formula is C23H23N3O3. The largest absolute Gasteiger partial charge is 0.457 e. The third-order valence-electron chi connectivity index (χ3n) is 4.15. The van der Waals surface area contributed by atoms with Gasteiger partial charge in [0.05, 0.1) is 6.04 Å². The van der Waals surface area contributed by atoms with Crippen LogP contribution in [0.15, 0.2) is 78.9 Å². The van der Waals surface area contributed by atoms with Crippen LogP contribution in [0.3, 0.4) is 0 Å². The number of rotatable bonds is 6. The van der Waals surface area contributed by atoms with Crippen molar-refractivity contribution in [1.82, 2.24) is 5.32 Å². The van der Waals surface area contributed by atoms with Gasteiger partial charge in [0.15, 0.2) is 0 Å². The summed E-state index contributed by atoms with van der Waals surface area (Å²) >= 11 is 0. The summed E-state index contributed by atoms with van der Waals surface area (Å²) in [6.45, 7) is 3.33. The minimum atomic E-state index is -0.320. The molecule has 0 saturated carbocycles. The summed E-state index contributed by atoms with van der Waals surface area (Å²) in [6, 6.07) is 23.5. The third-order valence-corrected chi connectivity index (χ3v) is 4.15. The van der Waals surface area contributed by atoms with Crippen LogP contribution < -0.4 is 20.7 Å². The second kappa shape index (κ2) is 9.41. The maximum atomic E-state index is 12.3. The first-order valence-electron chi connectivity index (χ1n) is 9.27. The summed E-state index contributed by atoms with van der Waals surface area (Å²) in [7, 11) is 0. The molecule has 0 bridgehead atoms. The molecule has 1 unspecified atom stereocenters. The molecule has 0 aromatic heterocycles. The second-order valence-electron chi connectivity index (χ2n) is 6.57. The van der Waals surface area contributed by atoms with Crippen molar-refractivity contribution in [3.05, 3.63) is 84.4 Å². The van der Waals surface area contributed by atoms with Gasteiger partial charge in [-0.1, -0.05) is 30.3 Å². The molecule has 3 amide bonds. The lowest BCUT2D eigenvalue weighted by atomic mass is 10.1. The lowest BCUT2D eigenvalue weighted by molar-refractivity contribution is -0.114. The monoisotopic (exact) mass is 389 g/mol. The van der Waals surface area contributed by atoms with E-state index in [1.807, 2.05) is 55.5 Å². The van der Waals surface area contributed by atoms with Crippen molar-refractivity contribution < 1.29 is 14.3 Å². The van der Waals surface area contributed by atoms with Crippen LogP contribution in [0.25, 0.3) is 0 Å². The first kappa shape index (κ1) is 19.9. The van der Waals surface area contributed by atoms with E-state index < -0.39 is 0 Å². The van der Waals surface area contributed by atoms with E-state index in [9.17, 15) is 9.59 Å². The van der Waals surface area contributed by atoms with Gasteiger partial charge in [0.1, 0.15) is 11.5 Å². The van der Waals surface area contributed by atoms with Crippen molar-refractivity contribution in [2.45, 2.75) is 19.9 Å². The molecule has 0 aliphatic carbocycles. The highest BCUT2D eigenvalue weighted by atomic mass is 16.5. The quantitative estimate of drug-likeness (QED) is 0.534. The normalized spacial score (nSPS) is 11.2. The van der Waals surface area contributed by atoms with Crippen molar-refractivity contribution in [1.29, 1.82) is 0 Å². The zero-order chi connectivity index (χ0) is 20.6. The number of para-hydroxylation sites is 1. The van der Waals surface area contributed by atoms with Gasteiger partial charge in [-0.15, -0.1) is 0 Å². The number of amides is 3. The van der Waals surface area contributed by atoms with E-state index in [0.29, 0.717) is 17.1 Å². The van der Waals surface area contributed by atoms with E-state index in [1.165, 1.54) is 6.92 Å². The Morgan fingerprint density at radius 2 is 1.48 bits per heavy atom. The van der Waals surface area contributed by atoms with Gasteiger partial charge in [-0.25, -0.2) is 4.79 Å². The lowest BCUT2D eigenvalue weighted by Crippen LogP contribution is -2.31. The molecule has 0 aliphatic rings. The Hall–Kier alpha value is -3.80. The van der Waals surface area contributed by atoms with Crippen molar-refractivity contribution in [3.8, 4) is 11.5 Å². The first-order valence-corrected chi connectivity index (χ1v) is 9.27. The van der Waals surface area contributed by atoms with E-state index in [0.717, 1.165) is 11.3 Å². The predicted octanol–water partition coefficient (Wildman–Crippen LogP) is 5.32. The number of carbonyl (C=O) groups excluding carboxylic acids is 2. The molecule has 0 heterocycles. The van der Waals surface area contributed by atoms with Crippen LogP contribution in [0.4, 0.5) is 16.2 Å². The molecule has 0 aliphatic heterocycles. The van der Waals surface area contributed by atoms with Crippen LogP contribution in [0.5, 0.6) is 11.5 Å². The Balaban J connectivity index is 1.55. The standard InChI is InChI=1S/C23H23N3O3/c1-16(18-7-6-8-20(15-18)25-17(2)27)24-23(28)26-19-11-13-22(14-12-19)29-21-9-4-3-5-10-21/h3-16H,1-2H3,(H,25,27)(H2,24,26,28). The van der Waals surface area contributed by atoms with Crippen LogP contribution in [0.1, 0.15) is 25.5 Å². The van der Waals surface area contributed by atoms with E-state index in [4.69, 9.17) is 4.74 Å². The summed E-state index contributed by atoms with van der Waals surface area (Å²) in [5, 5.41) is 8.43. The molecule has 1 atom stereocenters. The number of hydrogen-bond acceptors (Lipinski definition) is 3. The van der Waals surface area contributed by atoms with Crippen LogP contribution in [0.2, 0.25) is 0 Å². The molecule has 3 aromatic carbocycles. The maximum absolute atomic E-state index is 12.3. The summed E-state index contributed by atoms with van der Waals surface area (Å²) in [5.41, 5.74) is 2.23. The Kier molecular flexibility index (Phi) is 6.47. The average molecular weight is 389 g/mol. The van der Waals surface area contributed by atoms with E-state index in [1.54, 1.807) is 30.3 Å². The van der Waals surface area contributed by atoms with Gasteiger partial charge in [0.2, 0.25) is 5.91 Å². The van der Waals surface area contributed by atoms with Crippen molar-refractivity contribution in [3.63, 3.8) is 0 Å². The van der Waals surface area contributed by atoms with Crippen molar-refractivity contribution in [2.75, 3.05) is 10.6 Å².